The Kier molecular flexibility index (Phi) is 4.56. The molecule has 78 valence electrons. The first-order valence-corrected chi connectivity index (χ1v) is 4.98. The lowest BCUT2D eigenvalue weighted by atomic mass is 10.0. The lowest BCUT2D eigenvalue weighted by molar-refractivity contribution is 0.0724. The van der Waals surface area contributed by atoms with Crippen LogP contribution in [0.4, 0.5) is 0 Å². The summed E-state index contributed by atoms with van der Waals surface area (Å²) in [7, 11) is 1.70. The van der Waals surface area contributed by atoms with Crippen LogP contribution >= 0.6 is 0 Å². The van der Waals surface area contributed by atoms with Crippen molar-refractivity contribution in [2.75, 3.05) is 7.11 Å². The third kappa shape index (κ3) is 2.79. The van der Waals surface area contributed by atoms with Gasteiger partial charge in [0.05, 0.1) is 12.1 Å². The number of nitrogens with two attached hydrogens (primary N) is 1. The van der Waals surface area contributed by atoms with Crippen LogP contribution in [-0.2, 0) is 4.74 Å². The summed E-state index contributed by atoms with van der Waals surface area (Å²) < 4.78 is 5.35. The Bertz CT molecular complexity index is 251. The second kappa shape index (κ2) is 5.73. The van der Waals surface area contributed by atoms with Crippen LogP contribution in [0.15, 0.2) is 24.5 Å². The number of pyridine rings is 1. The molecule has 0 fully saturated rings. The van der Waals surface area contributed by atoms with E-state index in [1.54, 1.807) is 19.5 Å². The molecule has 3 nitrogen and oxygen atoms in total. The smallest absolute Gasteiger partial charge is 0.0764 e. The molecule has 0 saturated heterocycles. The summed E-state index contributed by atoms with van der Waals surface area (Å²) >= 11 is 0. The maximum Gasteiger partial charge on any atom is 0.0764 e. The average molecular weight is 194 g/mol. The molecule has 2 N–H and O–H groups in total. The summed E-state index contributed by atoms with van der Waals surface area (Å²) in [6, 6.07) is 3.81. The number of hydrogen-bond acceptors (Lipinski definition) is 3. The molecule has 14 heavy (non-hydrogen) atoms. The van der Waals surface area contributed by atoms with Crippen molar-refractivity contribution in [1.82, 2.24) is 4.98 Å². The summed E-state index contributed by atoms with van der Waals surface area (Å²) in [4.78, 5) is 4.05. The maximum absolute atomic E-state index is 6.07. The molecule has 1 rings (SSSR count). The normalized spacial score (nSPS) is 15.1. The van der Waals surface area contributed by atoms with Gasteiger partial charge >= 0.3 is 0 Å². The number of ether oxygens (including phenoxy) is 1. The van der Waals surface area contributed by atoms with Crippen LogP contribution in [0.1, 0.15) is 31.4 Å². The fraction of sp³-hybridized carbons (Fsp3) is 0.545. The van der Waals surface area contributed by atoms with Crippen LogP contribution in [0.2, 0.25) is 0 Å². The first-order chi connectivity index (χ1) is 6.79. The second-order valence-electron chi connectivity index (χ2n) is 3.37. The molecule has 0 bridgehead atoms. The van der Waals surface area contributed by atoms with Gasteiger partial charge in [0.25, 0.3) is 0 Å². The minimum atomic E-state index is -0.0753. The van der Waals surface area contributed by atoms with Crippen molar-refractivity contribution < 1.29 is 4.74 Å². The number of nitrogens with zero attached hydrogens (tertiary/aromatic N) is 1. The van der Waals surface area contributed by atoms with Gasteiger partial charge in [-0.2, -0.15) is 0 Å². The van der Waals surface area contributed by atoms with E-state index in [9.17, 15) is 0 Å². The molecule has 3 heteroatoms. The lowest BCUT2D eigenvalue weighted by Crippen LogP contribution is -2.28. The van der Waals surface area contributed by atoms with Gasteiger partial charge in [0.15, 0.2) is 0 Å². The van der Waals surface area contributed by atoms with Crippen molar-refractivity contribution in [3.05, 3.63) is 30.1 Å². The molecule has 2 atom stereocenters. The molecule has 0 radical (unpaired) electrons. The van der Waals surface area contributed by atoms with E-state index in [-0.39, 0.29) is 12.1 Å². The first kappa shape index (κ1) is 11.1. The number of methoxy groups -OCH3 is 1. The maximum atomic E-state index is 6.07. The molecule has 0 saturated carbocycles. The highest BCUT2D eigenvalue weighted by Crippen LogP contribution is 2.18. The van der Waals surface area contributed by atoms with E-state index in [1.165, 1.54) is 0 Å². The van der Waals surface area contributed by atoms with Crippen LogP contribution in [0.25, 0.3) is 0 Å². The Morgan fingerprint density at radius 2 is 2.36 bits per heavy atom. The molecule has 1 aromatic heterocycles. The van der Waals surface area contributed by atoms with Gasteiger partial charge in [-0.1, -0.05) is 19.4 Å². The highest BCUT2D eigenvalue weighted by molar-refractivity contribution is 5.14. The van der Waals surface area contributed by atoms with Crippen LogP contribution in [0.3, 0.4) is 0 Å². The SMILES string of the molecule is CCCC(OC)C(N)c1cccnc1. The zero-order valence-electron chi connectivity index (χ0n) is 8.81. The van der Waals surface area contributed by atoms with Gasteiger partial charge in [-0.15, -0.1) is 0 Å². The molecular weight excluding hydrogens is 176 g/mol. The summed E-state index contributed by atoms with van der Waals surface area (Å²) in [6.45, 7) is 2.13. The largest absolute Gasteiger partial charge is 0.379 e. The van der Waals surface area contributed by atoms with E-state index < -0.39 is 0 Å². The predicted octanol–water partition coefficient (Wildman–Crippen LogP) is 1.90. The van der Waals surface area contributed by atoms with Crippen molar-refractivity contribution in [3.63, 3.8) is 0 Å². The van der Waals surface area contributed by atoms with E-state index in [0.717, 1.165) is 18.4 Å². The van der Waals surface area contributed by atoms with Gasteiger partial charge < -0.3 is 10.5 Å². The predicted molar refractivity (Wildman–Crippen MR) is 56.9 cm³/mol. The van der Waals surface area contributed by atoms with Crippen LogP contribution in [0.5, 0.6) is 0 Å². The zero-order valence-corrected chi connectivity index (χ0v) is 8.81. The fourth-order valence-electron chi connectivity index (χ4n) is 1.52. The van der Waals surface area contributed by atoms with Gasteiger partial charge in [0.2, 0.25) is 0 Å². The highest BCUT2D eigenvalue weighted by atomic mass is 16.5. The Morgan fingerprint density at radius 1 is 1.57 bits per heavy atom. The zero-order chi connectivity index (χ0) is 10.4. The molecule has 0 amide bonds. The van der Waals surface area contributed by atoms with Crippen LogP contribution < -0.4 is 5.73 Å². The van der Waals surface area contributed by atoms with E-state index in [2.05, 4.69) is 11.9 Å². The highest BCUT2D eigenvalue weighted by Gasteiger charge is 2.17. The molecule has 2 unspecified atom stereocenters. The Hall–Kier alpha value is -0.930. The topological polar surface area (TPSA) is 48.1 Å². The molecule has 0 spiro atoms. The van der Waals surface area contributed by atoms with Gasteiger partial charge in [-0.25, -0.2) is 0 Å². The van der Waals surface area contributed by atoms with Crippen LogP contribution in [-0.4, -0.2) is 18.2 Å². The van der Waals surface area contributed by atoms with Crippen molar-refractivity contribution in [1.29, 1.82) is 0 Å². The summed E-state index contributed by atoms with van der Waals surface area (Å²) in [5, 5.41) is 0. The Morgan fingerprint density at radius 3 is 2.86 bits per heavy atom. The monoisotopic (exact) mass is 194 g/mol. The minimum absolute atomic E-state index is 0.0753. The number of rotatable bonds is 5. The van der Waals surface area contributed by atoms with Crippen molar-refractivity contribution in [2.45, 2.75) is 31.9 Å². The molecule has 0 aromatic carbocycles. The van der Waals surface area contributed by atoms with E-state index in [4.69, 9.17) is 10.5 Å². The minimum Gasteiger partial charge on any atom is -0.379 e. The summed E-state index contributed by atoms with van der Waals surface area (Å²) in [5.41, 5.74) is 7.11. The molecule has 0 aliphatic rings. The first-order valence-electron chi connectivity index (χ1n) is 4.98. The van der Waals surface area contributed by atoms with Crippen LogP contribution in [0, 0.1) is 0 Å². The van der Waals surface area contributed by atoms with E-state index >= 15 is 0 Å². The number of aromatic nitrogens is 1. The average Bonchev–Trinajstić information content (AvgIpc) is 2.26. The fourth-order valence-corrected chi connectivity index (χ4v) is 1.52. The van der Waals surface area contributed by atoms with Gasteiger partial charge in [0.1, 0.15) is 0 Å². The standard InChI is InChI=1S/C11H18N2O/c1-3-5-10(14-2)11(12)9-6-4-7-13-8-9/h4,6-8,10-11H,3,5,12H2,1-2H3. The molecule has 0 aliphatic heterocycles. The van der Waals surface area contributed by atoms with E-state index in [0.29, 0.717) is 0 Å². The lowest BCUT2D eigenvalue weighted by Gasteiger charge is -2.21. The molecule has 1 aromatic rings. The Balaban J connectivity index is 2.67. The van der Waals surface area contributed by atoms with Gasteiger partial charge in [0, 0.05) is 19.5 Å². The van der Waals surface area contributed by atoms with Crippen molar-refractivity contribution in [3.8, 4) is 0 Å². The van der Waals surface area contributed by atoms with E-state index in [1.807, 2.05) is 12.1 Å². The second-order valence-corrected chi connectivity index (χ2v) is 3.37. The summed E-state index contributed by atoms with van der Waals surface area (Å²) in [6.07, 6.45) is 5.69. The molecule has 0 aliphatic carbocycles. The third-order valence-corrected chi connectivity index (χ3v) is 2.35. The third-order valence-electron chi connectivity index (χ3n) is 2.35. The number of hydrogen-bond donors (Lipinski definition) is 1. The molecule has 1 heterocycles. The van der Waals surface area contributed by atoms with Crippen molar-refractivity contribution in [2.24, 2.45) is 5.73 Å². The van der Waals surface area contributed by atoms with Gasteiger partial charge in [-0.05, 0) is 18.1 Å². The molecular formula is C11H18N2O. The Labute approximate surface area is 85.3 Å². The van der Waals surface area contributed by atoms with Crippen molar-refractivity contribution >= 4 is 0 Å². The van der Waals surface area contributed by atoms with Gasteiger partial charge in [-0.3, -0.25) is 4.98 Å². The quantitative estimate of drug-likeness (QED) is 0.778. The summed E-state index contributed by atoms with van der Waals surface area (Å²) in [5.74, 6) is 0.